The number of benzene rings is 2. The maximum Gasteiger partial charge on any atom is 0.261 e. The van der Waals surface area contributed by atoms with Crippen molar-refractivity contribution < 1.29 is 0 Å². The first-order valence-corrected chi connectivity index (χ1v) is 12.0. The molecule has 9 heteroatoms. The molecule has 2 aromatic heterocycles. The lowest BCUT2D eigenvalue weighted by Crippen LogP contribution is -2.44. The van der Waals surface area contributed by atoms with E-state index >= 15 is 0 Å². The van der Waals surface area contributed by atoms with Crippen LogP contribution in [0.4, 0.5) is 17.1 Å². The number of pyridine rings is 1. The second-order valence-corrected chi connectivity index (χ2v) is 9.77. The molecule has 1 saturated heterocycles. The third kappa shape index (κ3) is 4.56. The van der Waals surface area contributed by atoms with Gasteiger partial charge in [0.25, 0.3) is 5.56 Å². The van der Waals surface area contributed by atoms with E-state index in [0.717, 1.165) is 72.6 Å². The zero-order valence-corrected chi connectivity index (χ0v) is 20.9. The lowest BCUT2D eigenvalue weighted by atomic mass is 10.1. The Labute approximate surface area is 205 Å². The number of hydrogen-bond donors (Lipinski definition) is 3. The number of hydrogen-bond acceptors (Lipinski definition) is 7. The summed E-state index contributed by atoms with van der Waals surface area (Å²) in [4.78, 5) is 33.2. The second kappa shape index (κ2) is 9.24. The predicted molar refractivity (Wildman–Crippen MR) is 146 cm³/mol. The molecule has 0 aliphatic carbocycles. The van der Waals surface area contributed by atoms with Crippen LogP contribution in [0.25, 0.3) is 33.3 Å². The zero-order chi connectivity index (χ0) is 24.7. The monoisotopic (exact) mass is 474 g/mol. The number of nitrogen functional groups attached to an aromatic ring is 1. The van der Waals surface area contributed by atoms with Crippen LogP contribution in [-0.2, 0) is 0 Å². The molecule has 0 spiro atoms. The van der Waals surface area contributed by atoms with Crippen molar-refractivity contribution in [2.45, 2.75) is 0 Å². The van der Waals surface area contributed by atoms with Crippen molar-refractivity contribution in [3.63, 3.8) is 0 Å². The molecule has 184 valence electrons. The molecule has 4 aromatic rings. The van der Waals surface area contributed by atoms with Crippen LogP contribution in [0.3, 0.4) is 0 Å². The van der Waals surface area contributed by atoms with Crippen LogP contribution in [0.15, 0.2) is 41.2 Å². The van der Waals surface area contributed by atoms with Gasteiger partial charge in [0.15, 0.2) is 0 Å². The highest BCUT2D eigenvalue weighted by Crippen LogP contribution is 2.31. The van der Waals surface area contributed by atoms with Gasteiger partial charge >= 0.3 is 0 Å². The van der Waals surface area contributed by atoms with Gasteiger partial charge in [0.1, 0.15) is 11.4 Å². The van der Waals surface area contributed by atoms with E-state index in [1.54, 1.807) is 0 Å². The van der Waals surface area contributed by atoms with Gasteiger partial charge in [0.05, 0.1) is 22.2 Å². The molecule has 0 atom stereocenters. The number of fused-ring (bicyclic) bond motifs is 2. The van der Waals surface area contributed by atoms with Gasteiger partial charge in [-0.05, 0) is 57.5 Å². The first kappa shape index (κ1) is 23.2. The van der Waals surface area contributed by atoms with Crippen molar-refractivity contribution in [2.75, 3.05) is 83.0 Å². The Hall–Kier alpha value is -3.56. The fourth-order valence-electron chi connectivity index (χ4n) is 4.64. The fraction of sp³-hybridized carbons (Fsp3) is 0.385. The molecular formula is C26H34N8O. The molecular weight excluding hydrogens is 440 g/mol. The number of aromatic nitrogens is 3. The van der Waals surface area contributed by atoms with Gasteiger partial charge in [0.2, 0.25) is 0 Å². The van der Waals surface area contributed by atoms with Gasteiger partial charge in [-0.25, -0.2) is 4.98 Å². The third-order valence-corrected chi connectivity index (χ3v) is 6.93. The Morgan fingerprint density at radius 3 is 2.49 bits per heavy atom. The molecule has 5 rings (SSSR count). The van der Waals surface area contributed by atoms with Gasteiger partial charge in [-0.2, -0.15) is 0 Å². The molecule has 1 aliphatic heterocycles. The summed E-state index contributed by atoms with van der Waals surface area (Å²) in [5.74, 6) is 0.489. The molecule has 0 radical (unpaired) electrons. The highest BCUT2D eigenvalue weighted by Gasteiger charge is 2.19. The summed E-state index contributed by atoms with van der Waals surface area (Å²) in [6, 6.07) is 12.2. The molecule has 4 N–H and O–H groups in total. The van der Waals surface area contributed by atoms with Crippen molar-refractivity contribution in [3.8, 4) is 11.4 Å². The van der Waals surface area contributed by atoms with Crippen LogP contribution in [0.5, 0.6) is 0 Å². The number of piperazine rings is 1. The minimum Gasteiger partial charge on any atom is -0.397 e. The summed E-state index contributed by atoms with van der Waals surface area (Å²) in [5.41, 5.74) is 11.7. The molecule has 0 bridgehead atoms. The number of likely N-dealkylation sites (N-methyl/N-ethyl adjacent to an activating group) is 3. The first-order chi connectivity index (χ1) is 16.8. The highest BCUT2D eigenvalue weighted by atomic mass is 16.1. The van der Waals surface area contributed by atoms with Crippen LogP contribution in [0.1, 0.15) is 0 Å². The molecule has 3 heterocycles. The molecule has 0 saturated carbocycles. The summed E-state index contributed by atoms with van der Waals surface area (Å²) < 4.78 is 0. The average molecular weight is 475 g/mol. The minimum absolute atomic E-state index is 0.249. The normalized spacial score (nSPS) is 14.9. The van der Waals surface area contributed by atoms with Gasteiger partial charge in [-0.1, -0.05) is 0 Å². The Balaban J connectivity index is 1.48. The number of rotatable bonds is 6. The fourth-order valence-corrected chi connectivity index (χ4v) is 4.64. The number of anilines is 3. The SMILES string of the molecule is CN(C)CCN(C)c1ccc2c(N)c(-c3nc4ccc(N5CCN(C)CC5)cc4[nH]3)c(=O)[nH]c2c1. The zero-order valence-electron chi connectivity index (χ0n) is 20.9. The molecule has 1 fully saturated rings. The molecule has 35 heavy (non-hydrogen) atoms. The van der Waals surface area contributed by atoms with E-state index in [-0.39, 0.29) is 5.56 Å². The van der Waals surface area contributed by atoms with Crippen LogP contribution >= 0.6 is 0 Å². The molecule has 2 aromatic carbocycles. The lowest BCUT2D eigenvalue weighted by Gasteiger charge is -2.34. The molecule has 0 amide bonds. The molecule has 1 aliphatic rings. The van der Waals surface area contributed by atoms with Crippen molar-refractivity contribution in [3.05, 3.63) is 46.8 Å². The Morgan fingerprint density at radius 1 is 0.971 bits per heavy atom. The average Bonchev–Trinajstić information content (AvgIpc) is 3.25. The standard InChI is InChI=1S/C26H34N8O/c1-31(2)9-12-33(4)17-5-7-19-21(15-17)30-26(35)23(24(19)27)25-28-20-8-6-18(16-22(20)29-25)34-13-10-32(3)11-14-34/h5-8,15-16H,9-14H2,1-4H3,(H,28,29)(H3,27,30,35). The van der Waals surface area contributed by atoms with E-state index in [0.29, 0.717) is 17.1 Å². The van der Waals surface area contributed by atoms with Crippen LogP contribution < -0.4 is 21.1 Å². The second-order valence-electron chi connectivity index (χ2n) is 9.77. The number of nitrogens with two attached hydrogens (primary N) is 1. The Kier molecular flexibility index (Phi) is 6.12. The van der Waals surface area contributed by atoms with Gasteiger partial charge in [-0.15, -0.1) is 0 Å². The van der Waals surface area contributed by atoms with Crippen LogP contribution in [0.2, 0.25) is 0 Å². The topological polar surface area (TPSA) is 101 Å². The van der Waals surface area contributed by atoms with Crippen molar-refractivity contribution in [1.29, 1.82) is 0 Å². The van der Waals surface area contributed by atoms with Gasteiger partial charge < -0.3 is 35.3 Å². The van der Waals surface area contributed by atoms with E-state index in [2.05, 4.69) is 62.8 Å². The lowest BCUT2D eigenvalue weighted by molar-refractivity contribution is 0.313. The summed E-state index contributed by atoms with van der Waals surface area (Å²) in [6.45, 7) is 5.89. The summed E-state index contributed by atoms with van der Waals surface area (Å²) in [7, 11) is 8.31. The molecule has 9 nitrogen and oxygen atoms in total. The van der Waals surface area contributed by atoms with Crippen LogP contribution in [-0.4, -0.2) is 92.2 Å². The van der Waals surface area contributed by atoms with Gasteiger partial charge in [0, 0.05) is 63.1 Å². The minimum atomic E-state index is -0.249. The number of nitrogens with zero attached hydrogens (tertiary/aromatic N) is 5. The smallest absolute Gasteiger partial charge is 0.261 e. The summed E-state index contributed by atoms with van der Waals surface area (Å²) in [5, 5.41) is 0.808. The van der Waals surface area contributed by atoms with E-state index in [4.69, 9.17) is 10.7 Å². The summed E-state index contributed by atoms with van der Waals surface area (Å²) in [6.07, 6.45) is 0. The van der Waals surface area contributed by atoms with E-state index in [1.165, 1.54) is 0 Å². The van der Waals surface area contributed by atoms with Crippen molar-refractivity contribution >= 4 is 39.0 Å². The van der Waals surface area contributed by atoms with E-state index < -0.39 is 0 Å². The van der Waals surface area contributed by atoms with E-state index in [9.17, 15) is 4.79 Å². The number of aromatic amines is 2. The number of imidazole rings is 1. The Bertz CT molecular complexity index is 1410. The Morgan fingerprint density at radius 2 is 1.74 bits per heavy atom. The van der Waals surface area contributed by atoms with Crippen molar-refractivity contribution in [2.24, 2.45) is 0 Å². The maximum absolute atomic E-state index is 13.1. The van der Waals surface area contributed by atoms with Crippen LogP contribution in [0, 0.1) is 0 Å². The number of H-pyrrole nitrogens is 2. The highest BCUT2D eigenvalue weighted by molar-refractivity contribution is 5.99. The quantitative estimate of drug-likeness (QED) is 0.395. The number of nitrogens with one attached hydrogen (secondary N) is 2. The summed E-state index contributed by atoms with van der Waals surface area (Å²) >= 11 is 0. The molecule has 0 unspecified atom stereocenters. The van der Waals surface area contributed by atoms with Crippen molar-refractivity contribution in [1.82, 2.24) is 24.8 Å². The maximum atomic E-state index is 13.1. The largest absolute Gasteiger partial charge is 0.397 e. The first-order valence-electron chi connectivity index (χ1n) is 12.0. The third-order valence-electron chi connectivity index (χ3n) is 6.93. The predicted octanol–water partition coefficient (Wildman–Crippen LogP) is 2.40. The van der Waals surface area contributed by atoms with E-state index in [1.807, 2.05) is 31.3 Å². The van der Waals surface area contributed by atoms with Gasteiger partial charge in [-0.3, -0.25) is 4.79 Å².